The van der Waals surface area contributed by atoms with E-state index in [0.717, 1.165) is 5.69 Å². The second-order valence-corrected chi connectivity index (χ2v) is 3.20. The van der Waals surface area contributed by atoms with Gasteiger partial charge in [0.15, 0.2) is 0 Å². The molecule has 0 saturated carbocycles. The van der Waals surface area contributed by atoms with Crippen LogP contribution in [-0.4, -0.2) is 17.6 Å². The second kappa shape index (κ2) is 4.12. The third-order valence-electron chi connectivity index (χ3n) is 1.83. The molecule has 0 saturated heterocycles. The smallest absolute Gasteiger partial charge is 0.354 e. The number of hydrogen-bond acceptors (Lipinski definition) is 2. The number of aromatic nitrogens is 1. The molecule has 1 heterocycles. The van der Waals surface area contributed by atoms with Crippen LogP contribution < -0.4 is 0 Å². The summed E-state index contributed by atoms with van der Waals surface area (Å²) in [6.45, 7) is 6.35. The highest BCUT2D eigenvalue weighted by Crippen LogP contribution is 2.13. The van der Waals surface area contributed by atoms with Gasteiger partial charge >= 0.3 is 5.97 Å². The van der Waals surface area contributed by atoms with Crippen molar-refractivity contribution < 1.29 is 9.53 Å². The first-order valence-corrected chi connectivity index (χ1v) is 4.51. The quantitative estimate of drug-likeness (QED) is 0.727. The van der Waals surface area contributed by atoms with Crippen molar-refractivity contribution >= 4 is 5.97 Å². The Hall–Kier alpha value is -1.25. The van der Waals surface area contributed by atoms with E-state index in [2.05, 4.69) is 18.8 Å². The maximum Gasteiger partial charge on any atom is 0.354 e. The van der Waals surface area contributed by atoms with Crippen molar-refractivity contribution in [2.24, 2.45) is 0 Å². The molecule has 0 aromatic carbocycles. The largest absolute Gasteiger partial charge is 0.461 e. The van der Waals surface area contributed by atoms with Crippen LogP contribution in [0, 0.1) is 0 Å². The van der Waals surface area contributed by atoms with Gasteiger partial charge in [0.05, 0.1) is 6.61 Å². The van der Waals surface area contributed by atoms with E-state index in [1.54, 1.807) is 13.0 Å². The zero-order chi connectivity index (χ0) is 9.84. The first-order chi connectivity index (χ1) is 6.15. The topological polar surface area (TPSA) is 42.1 Å². The first kappa shape index (κ1) is 9.84. The van der Waals surface area contributed by atoms with Gasteiger partial charge in [-0.2, -0.15) is 0 Å². The van der Waals surface area contributed by atoms with Gasteiger partial charge in [-0.1, -0.05) is 13.8 Å². The number of H-pyrrole nitrogens is 1. The number of esters is 1. The van der Waals surface area contributed by atoms with E-state index in [-0.39, 0.29) is 5.97 Å². The summed E-state index contributed by atoms with van der Waals surface area (Å²) >= 11 is 0. The summed E-state index contributed by atoms with van der Waals surface area (Å²) < 4.78 is 4.85. The molecule has 0 unspecified atom stereocenters. The van der Waals surface area contributed by atoms with Gasteiger partial charge in [-0.3, -0.25) is 0 Å². The number of hydrogen-bond donors (Lipinski definition) is 1. The van der Waals surface area contributed by atoms with Crippen LogP contribution in [0.5, 0.6) is 0 Å². The summed E-state index contributed by atoms with van der Waals surface area (Å²) in [6, 6.07) is 3.67. The Bertz CT molecular complexity index is 289. The van der Waals surface area contributed by atoms with Crippen LogP contribution in [0.15, 0.2) is 12.1 Å². The Kier molecular flexibility index (Phi) is 3.12. The van der Waals surface area contributed by atoms with Gasteiger partial charge in [0.1, 0.15) is 5.69 Å². The van der Waals surface area contributed by atoms with Gasteiger partial charge in [-0.15, -0.1) is 0 Å². The maximum atomic E-state index is 11.2. The zero-order valence-corrected chi connectivity index (χ0v) is 8.26. The number of carbonyl (C=O) groups excluding carboxylic acids is 1. The molecule has 0 aliphatic heterocycles. The van der Waals surface area contributed by atoms with Crippen molar-refractivity contribution in [1.82, 2.24) is 4.98 Å². The number of nitrogens with one attached hydrogen (secondary N) is 1. The number of carbonyl (C=O) groups is 1. The van der Waals surface area contributed by atoms with Gasteiger partial charge in [-0.25, -0.2) is 4.79 Å². The van der Waals surface area contributed by atoms with Crippen LogP contribution in [0.25, 0.3) is 0 Å². The summed E-state index contributed by atoms with van der Waals surface area (Å²) in [5.41, 5.74) is 1.59. The normalized spacial score (nSPS) is 10.5. The predicted molar refractivity (Wildman–Crippen MR) is 50.8 cm³/mol. The molecule has 0 amide bonds. The van der Waals surface area contributed by atoms with Gasteiger partial charge in [0, 0.05) is 5.69 Å². The van der Waals surface area contributed by atoms with Crippen molar-refractivity contribution in [2.45, 2.75) is 26.7 Å². The fraction of sp³-hybridized carbons (Fsp3) is 0.500. The Morgan fingerprint density at radius 2 is 2.23 bits per heavy atom. The number of ether oxygens (including phenoxy) is 1. The molecule has 1 aromatic heterocycles. The third kappa shape index (κ3) is 2.34. The summed E-state index contributed by atoms with van der Waals surface area (Å²) in [5, 5.41) is 0. The van der Waals surface area contributed by atoms with Gasteiger partial charge in [0.25, 0.3) is 0 Å². The van der Waals surface area contributed by atoms with Gasteiger partial charge < -0.3 is 9.72 Å². The van der Waals surface area contributed by atoms with E-state index >= 15 is 0 Å². The molecular weight excluding hydrogens is 166 g/mol. The van der Waals surface area contributed by atoms with Crippen molar-refractivity contribution in [2.75, 3.05) is 6.61 Å². The molecule has 0 atom stereocenters. The molecule has 1 aromatic rings. The molecule has 3 nitrogen and oxygen atoms in total. The first-order valence-electron chi connectivity index (χ1n) is 4.51. The molecule has 13 heavy (non-hydrogen) atoms. The highest BCUT2D eigenvalue weighted by molar-refractivity contribution is 5.87. The summed E-state index contributed by atoms with van der Waals surface area (Å²) in [4.78, 5) is 14.2. The highest BCUT2D eigenvalue weighted by Gasteiger charge is 2.09. The van der Waals surface area contributed by atoms with E-state index in [1.165, 1.54) is 0 Å². The maximum absolute atomic E-state index is 11.2. The van der Waals surface area contributed by atoms with Gasteiger partial charge in [0.2, 0.25) is 0 Å². The summed E-state index contributed by atoms with van der Waals surface area (Å²) in [7, 11) is 0. The van der Waals surface area contributed by atoms with Gasteiger partial charge in [-0.05, 0) is 25.0 Å². The predicted octanol–water partition coefficient (Wildman–Crippen LogP) is 2.31. The average molecular weight is 181 g/mol. The fourth-order valence-electron chi connectivity index (χ4n) is 1.08. The van der Waals surface area contributed by atoms with Crippen LogP contribution in [0.1, 0.15) is 42.9 Å². The van der Waals surface area contributed by atoms with Crippen LogP contribution in [0.2, 0.25) is 0 Å². The van der Waals surface area contributed by atoms with E-state index < -0.39 is 0 Å². The molecule has 0 aliphatic rings. The minimum atomic E-state index is -0.283. The molecule has 3 heteroatoms. The standard InChI is InChI=1S/C10H15NO2/c1-4-13-10(12)9-6-5-8(11-9)7(2)3/h5-7,11H,4H2,1-3H3. The average Bonchev–Trinajstić information content (AvgIpc) is 2.52. The molecule has 0 fully saturated rings. The Labute approximate surface area is 78.1 Å². The molecule has 0 bridgehead atoms. The lowest BCUT2D eigenvalue weighted by molar-refractivity contribution is 0.0520. The molecule has 0 aliphatic carbocycles. The Balaban J connectivity index is 2.73. The Morgan fingerprint density at radius 3 is 2.69 bits per heavy atom. The lowest BCUT2D eigenvalue weighted by atomic mass is 10.1. The summed E-state index contributed by atoms with van der Waals surface area (Å²) in [5.74, 6) is 0.123. The molecule has 1 N–H and O–H groups in total. The van der Waals surface area contributed by atoms with Crippen LogP contribution >= 0.6 is 0 Å². The SMILES string of the molecule is CCOC(=O)c1ccc(C(C)C)[nH]1. The third-order valence-corrected chi connectivity index (χ3v) is 1.83. The lowest BCUT2D eigenvalue weighted by Crippen LogP contribution is -2.05. The van der Waals surface area contributed by atoms with E-state index in [0.29, 0.717) is 18.2 Å². The van der Waals surface area contributed by atoms with Crippen LogP contribution in [0.3, 0.4) is 0 Å². The molecule has 72 valence electrons. The minimum absolute atomic E-state index is 0.283. The second-order valence-electron chi connectivity index (χ2n) is 3.20. The van der Waals surface area contributed by atoms with Crippen LogP contribution in [-0.2, 0) is 4.74 Å². The molecular formula is C10H15NO2. The highest BCUT2D eigenvalue weighted by atomic mass is 16.5. The molecule has 0 spiro atoms. The van der Waals surface area contributed by atoms with Crippen molar-refractivity contribution in [3.63, 3.8) is 0 Å². The van der Waals surface area contributed by atoms with Crippen molar-refractivity contribution in [1.29, 1.82) is 0 Å². The Morgan fingerprint density at radius 1 is 1.54 bits per heavy atom. The van der Waals surface area contributed by atoms with E-state index in [9.17, 15) is 4.79 Å². The minimum Gasteiger partial charge on any atom is -0.461 e. The van der Waals surface area contributed by atoms with E-state index in [4.69, 9.17) is 4.74 Å². The van der Waals surface area contributed by atoms with E-state index in [1.807, 2.05) is 6.07 Å². The van der Waals surface area contributed by atoms with Crippen molar-refractivity contribution in [3.8, 4) is 0 Å². The van der Waals surface area contributed by atoms with Crippen LogP contribution in [0.4, 0.5) is 0 Å². The zero-order valence-electron chi connectivity index (χ0n) is 8.26. The monoisotopic (exact) mass is 181 g/mol. The molecule has 1 rings (SSSR count). The molecule has 0 radical (unpaired) electrons. The lowest BCUT2D eigenvalue weighted by Gasteiger charge is -2.00. The summed E-state index contributed by atoms with van der Waals surface area (Å²) in [6.07, 6.45) is 0. The fourth-order valence-corrected chi connectivity index (χ4v) is 1.08. The van der Waals surface area contributed by atoms with Crippen molar-refractivity contribution in [3.05, 3.63) is 23.5 Å². The number of rotatable bonds is 3. The number of aromatic amines is 1.